The first-order valence-electron chi connectivity index (χ1n) is 5.03. The summed E-state index contributed by atoms with van der Waals surface area (Å²) in [6.07, 6.45) is 0. The highest BCUT2D eigenvalue weighted by atomic mass is 32.1. The Labute approximate surface area is 97.3 Å². The number of hydrogen-bond acceptors (Lipinski definition) is 4. The van der Waals surface area contributed by atoms with E-state index in [1.165, 1.54) is 11.3 Å². The van der Waals surface area contributed by atoms with Crippen molar-refractivity contribution in [1.29, 1.82) is 0 Å². The normalized spacial score (nSPS) is 10.6. The van der Waals surface area contributed by atoms with E-state index in [9.17, 15) is 9.90 Å². The van der Waals surface area contributed by atoms with Gasteiger partial charge in [0.15, 0.2) is 0 Å². The molecule has 0 unspecified atom stereocenters. The quantitative estimate of drug-likeness (QED) is 0.815. The number of benzene rings is 1. The van der Waals surface area contributed by atoms with Crippen LogP contribution in [-0.2, 0) is 4.74 Å². The van der Waals surface area contributed by atoms with Crippen LogP contribution in [0.15, 0.2) is 18.2 Å². The summed E-state index contributed by atoms with van der Waals surface area (Å²) in [5.74, 6) is -0.109. The van der Waals surface area contributed by atoms with Gasteiger partial charge in [0.2, 0.25) is 0 Å². The van der Waals surface area contributed by atoms with E-state index < -0.39 is 0 Å². The van der Waals surface area contributed by atoms with Gasteiger partial charge < -0.3 is 9.84 Å². The molecule has 0 radical (unpaired) electrons. The van der Waals surface area contributed by atoms with Gasteiger partial charge in [0, 0.05) is 10.1 Å². The summed E-state index contributed by atoms with van der Waals surface area (Å²) in [5, 5.41) is 10.5. The molecule has 3 nitrogen and oxygen atoms in total. The molecule has 2 aromatic rings. The third-order valence-corrected chi connectivity index (χ3v) is 3.63. The fourth-order valence-electron chi connectivity index (χ4n) is 1.67. The Kier molecular flexibility index (Phi) is 2.83. The lowest BCUT2D eigenvalue weighted by Gasteiger charge is -1.99. The number of fused-ring (bicyclic) bond motifs is 1. The molecular formula is C12H12O3S. The minimum atomic E-state index is -0.319. The topological polar surface area (TPSA) is 46.5 Å². The summed E-state index contributed by atoms with van der Waals surface area (Å²) < 4.78 is 5.87. The summed E-state index contributed by atoms with van der Waals surface area (Å²) in [7, 11) is 0. The minimum absolute atomic E-state index is 0.210. The van der Waals surface area contributed by atoms with Crippen LogP contribution >= 0.6 is 11.3 Å². The summed E-state index contributed by atoms with van der Waals surface area (Å²) in [6.45, 7) is 3.96. The van der Waals surface area contributed by atoms with Crippen LogP contribution in [0.25, 0.3) is 10.1 Å². The molecule has 1 heterocycles. The van der Waals surface area contributed by atoms with Crippen LogP contribution in [0.2, 0.25) is 0 Å². The monoisotopic (exact) mass is 236 g/mol. The number of thiophene rings is 1. The molecule has 0 aliphatic carbocycles. The molecule has 2 rings (SSSR count). The molecule has 0 saturated carbocycles. The van der Waals surface area contributed by atoms with Gasteiger partial charge in [0.1, 0.15) is 10.6 Å². The highest BCUT2D eigenvalue weighted by Crippen LogP contribution is 2.36. The lowest BCUT2D eigenvalue weighted by molar-refractivity contribution is 0.0531. The number of ether oxygens (including phenoxy) is 1. The molecular weight excluding hydrogens is 224 g/mol. The Bertz CT molecular complexity index is 542. The van der Waals surface area contributed by atoms with Gasteiger partial charge in [-0.1, -0.05) is 6.07 Å². The molecule has 0 aliphatic rings. The summed E-state index contributed by atoms with van der Waals surface area (Å²) in [5.41, 5.74) is 0.788. The van der Waals surface area contributed by atoms with Crippen LogP contribution in [0.5, 0.6) is 5.75 Å². The van der Waals surface area contributed by atoms with E-state index in [0.29, 0.717) is 11.5 Å². The van der Waals surface area contributed by atoms with Crippen molar-refractivity contribution in [3.63, 3.8) is 0 Å². The molecule has 0 saturated heterocycles. The predicted molar refractivity (Wildman–Crippen MR) is 64.2 cm³/mol. The molecule has 0 spiro atoms. The Morgan fingerprint density at radius 3 is 2.88 bits per heavy atom. The summed E-state index contributed by atoms with van der Waals surface area (Å²) >= 11 is 1.35. The number of carbonyl (C=O) groups excluding carboxylic acids is 1. The SMILES string of the molecule is CCOC(=O)c1sc2cccc(O)c2c1C. The first-order chi connectivity index (χ1) is 7.65. The number of rotatable bonds is 2. The van der Waals surface area contributed by atoms with Crippen molar-refractivity contribution < 1.29 is 14.6 Å². The Morgan fingerprint density at radius 2 is 2.25 bits per heavy atom. The van der Waals surface area contributed by atoms with Gasteiger partial charge in [-0.05, 0) is 31.5 Å². The van der Waals surface area contributed by atoms with Gasteiger partial charge in [-0.25, -0.2) is 4.79 Å². The van der Waals surface area contributed by atoms with Gasteiger partial charge in [-0.2, -0.15) is 0 Å². The number of esters is 1. The van der Waals surface area contributed by atoms with E-state index in [2.05, 4.69) is 0 Å². The number of aryl methyl sites for hydroxylation is 1. The van der Waals surface area contributed by atoms with E-state index in [1.54, 1.807) is 19.1 Å². The van der Waals surface area contributed by atoms with E-state index in [0.717, 1.165) is 15.6 Å². The summed E-state index contributed by atoms with van der Waals surface area (Å²) in [6, 6.07) is 5.27. The summed E-state index contributed by atoms with van der Waals surface area (Å²) in [4.78, 5) is 12.2. The maximum Gasteiger partial charge on any atom is 0.348 e. The zero-order valence-electron chi connectivity index (χ0n) is 9.11. The maximum atomic E-state index is 11.7. The molecule has 1 aromatic carbocycles. The molecule has 0 amide bonds. The molecule has 1 N–H and O–H groups in total. The fourth-order valence-corrected chi connectivity index (χ4v) is 2.80. The smallest absolute Gasteiger partial charge is 0.348 e. The largest absolute Gasteiger partial charge is 0.507 e. The van der Waals surface area contributed by atoms with Crippen molar-refractivity contribution in [2.45, 2.75) is 13.8 Å². The van der Waals surface area contributed by atoms with E-state index >= 15 is 0 Å². The second kappa shape index (κ2) is 4.14. The number of aromatic hydroxyl groups is 1. The average molecular weight is 236 g/mol. The maximum absolute atomic E-state index is 11.7. The van der Waals surface area contributed by atoms with E-state index in [1.807, 2.05) is 13.0 Å². The van der Waals surface area contributed by atoms with Crippen LogP contribution in [0.3, 0.4) is 0 Å². The predicted octanol–water partition coefficient (Wildman–Crippen LogP) is 3.09. The standard InChI is InChI=1S/C12H12O3S/c1-3-15-12(14)11-7(2)10-8(13)5-4-6-9(10)16-11/h4-6,13H,3H2,1-2H3. The zero-order chi connectivity index (χ0) is 11.7. The second-order valence-electron chi connectivity index (χ2n) is 3.43. The lowest BCUT2D eigenvalue weighted by Crippen LogP contribution is -2.03. The molecule has 0 bridgehead atoms. The van der Waals surface area contributed by atoms with Gasteiger partial charge >= 0.3 is 5.97 Å². The van der Waals surface area contributed by atoms with Gasteiger partial charge in [0.05, 0.1) is 6.61 Å². The Balaban J connectivity index is 2.61. The minimum Gasteiger partial charge on any atom is -0.507 e. The van der Waals surface area contributed by atoms with Gasteiger partial charge in [0.25, 0.3) is 0 Å². The molecule has 0 aliphatic heterocycles. The highest BCUT2D eigenvalue weighted by molar-refractivity contribution is 7.21. The van der Waals surface area contributed by atoms with E-state index in [-0.39, 0.29) is 11.7 Å². The van der Waals surface area contributed by atoms with Crippen molar-refractivity contribution in [3.8, 4) is 5.75 Å². The first kappa shape index (κ1) is 11.0. The van der Waals surface area contributed by atoms with Gasteiger partial charge in [-0.15, -0.1) is 11.3 Å². The third-order valence-electron chi connectivity index (χ3n) is 2.39. The molecule has 84 valence electrons. The number of phenolic OH excluding ortho intramolecular Hbond substituents is 1. The Hall–Kier alpha value is -1.55. The molecule has 0 atom stereocenters. The van der Waals surface area contributed by atoms with Crippen LogP contribution in [0.1, 0.15) is 22.2 Å². The van der Waals surface area contributed by atoms with Crippen molar-refractivity contribution in [2.75, 3.05) is 6.61 Å². The first-order valence-corrected chi connectivity index (χ1v) is 5.85. The van der Waals surface area contributed by atoms with Crippen molar-refractivity contribution in [2.24, 2.45) is 0 Å². The van der Waals surface area contributed by atoms with Crippen molar-refractivity contribution in [3.05, 3.63) is 28.6 Å². The third kappa shape index (κ3) is 1.65. The van der Waals surface area contributed by atoms with E-state index in [4.69, 9.17) is 4.74 Å². The molecule has 4 heteroatoms. The van der Waals surface area contributed by atoms with Crippen LogP contribution < -0.4 is 0 Å². The van der Waals surface area contributed by atoms with Crippen LogP contribution in [0, 0.1) is 6.92 Å². The average Bonchev–Trinajstić information content (AvgIpc) is 2.58. The Morgan fingerprint density at radius 1 is 1.50 bits per heavy atom. The van der Waals surface area contributed by atoms with Crippen molar-refractivity contribution in [1.82, 2.24) is 0 Å². The number of phenols is 1. The molecule has 0 fully saturated rings. The van der Waals surface area contributed by atoms with Gasteiger partial charge in [-0.3, -0.25) is 0 Å². The molecule has 1 aromatic heterocycles. The van der Waals surface area contributed by atoms with Crippen LogP contribution in [0.4, 0.5) is 0 Å². The van der Waals surface area contributed by atoms with Crippen molar-refractivity contribution >= 4 is 27.4 Å². The number of hydrogen-bond donors (Lipinski definition) is 1. The fraction of sp³-hybridized carbons (Fsp3) is 0.250. The number of carbonyl (C=O) groups is 1. The van der Waals surface area contributed by atoms with Crippen LogP contribution in [-0.4, -0.2) is 17.7 Å². The zero-order valence-corrected chi connectivity index (χ0v) is 9.93. The lowest BCUT2D eigenvalue weighted by atomic mass is 10.1. The second-order valence-corrected chi connectivity index (χ2v) is 4.48. The highest BCUT2D eigenvalue weighted by Gasteiger charge is 2.17. The molecule has 16 heavy (non-hydrogen) atoms.